The highest BCUT2D eigenvalue weighted by Crippen LogP contribution is 2.39. The molecule has 0 saturated heterocycles. The van der Waals surface area contributed by atoms with Gasteiger partial charge in [0.1, 0.15) is 11.5 Å². The number of nitrogens with zero attached hydrogens (tertiary/aromatic N) is 2. The van der Waals surface area contributed by atoms with E-state index in [1.165, 1.54) is 12.8 Å². The lowest BCUT2D eigenvalue weighted by atomic mass is 10.2. The second kappa shape index (κ2) is 4.98. The number of hydrogen-bond donors (Lipinski definition) is 3. The molecule has 1 saturated carbocycles. The van der Waals surface area contributed by atoms with Crippen molar-refractivity contribution in [3.8, 4) is 0 Å². The Kier molecular flexibility index (Phi) is 2.96. The van der Waals surface area contributed by atoms with Crippen LogP contribution in [0.4, 0.5) is 0 Å². The number of carbonyl (C=O) groups excluding carboxylic acids is 1. The van der Waals surface area contributed by atoms with E-state index < -0.39 is 0 Å². The van der Waals surface area contributed by atoms with Gasteiger partial charge in [0.05, 0.1) is 17.1 Å². The SMILES string of the molecule is CC(NC(=O)c1cc(C2CC2)[nH]n1)c1nc2ccccc2[nH]1. The molecule has 2 heterocycles. The number of rotatable bonds is 4. The molecule has 6 heteroatoms. The minimum absolute atomic E-state index is 0.184. The molecule has 0 bridgehead atoms. The molecule has 1 aliphatic carbocycles. The predicted octanol–water partition coefficient (Wildman–Crippen LogP) is 2.65. The van der Waals surface area contributed by atoms with Crippen molar-refractivity contribution in [2.75, 3.05) is 0 Å². The van der Waals surface area contributed by atoms with Crippen LogP contribution >= 0.6 is 0 Å². The summed E-state index contributed by atoms with van der Waals surface area (Å²) in [5, 5.41) is 9.98. The summed E-state index contributed by atoms with van der Waals surface area (Å²) in [6, 6.07) is 9.45. The van der Waals surface area contributed by atoms with Gasteiger partial charge in [0.25, 0.3) is 5.91 Å². The molecule has 0 aliphatic heterocycles. The fraction of sp³-hybridized carbons (Fsp3) is 0.312. The van der Waals surface area contributed by atoms with Gasteiger partial charge >= 0.3 is 0 Å². The van der Waals surface area contributed by atoms with Crippen molar-refractivity contribution < 1.29 is 4.79 Å². The third-order valence-corrected chi connectivity index (χ3v) is 4.01. The fourth-order valence-electron chi connectivity index (χ4n) is 2.57. The number of para-hydroxylation sites is 2. The Morgan fingerprint density at radius 3 is 2.95 bits per heavy atom. The van der Waals surface area contributed by atoms with Crippen LogP contribution in [-0.4, -0.2) is 26.1 Å². The van der Waals surface area contributed by atoms with Crippen LogP contribution in [0.1, 0.15) is 53.7 Å². The fourth-order valence-corrected chi connectivity index (χ4v) is 2.57. The van der Waals surface area contributed by atoms with Crippen LogP contribution in [0.25, 0.3) is 11.0 Å². The summed E-state index contributed by atoms with van der Waals surface area (Å²) in [4.78, 5) is 20.0. The van der Waals surface area contributed by atoms with Gasteiger partial charge in [0.15, 0.2) is 0 Å². The Morgan fingerprint density at radius 2 is 2.18 bits per heavy atom. The number of nitrogens with one attached hydrogen (secondary N) is 3. The zero-order chi connectivity index (χ0) is 15.1. The molecule has 6 nitrogen and oxygen atoms in total. The van der Waals surface area contributed by atoms with Crippen molar-refractivity contribution in [3.05, 3.63) is 47.5 Å². The second-order valence-corrected chi connectivity index (χ2v) is 5.82. The number of amides is 1. The number of carbonyl (C=O) groups is 1. The molecule has 0 radical (unpaired) electrons. The van der Waals surface area contributed by atoms with Gasteiger partial charge in [-0.15, -0.1) is 0 Å². The van der Waals surface area contributed by atoms with Gasteiger partial charge in [-0.05, 0) is 38.0 Å². The van der Waals surface area contributed by atoms with Crippen LogP contribution in [0.5, 0.6) is 0 Å². The number of imidazole rings is 1. The second-order valence-electron chi connectivity index (χ2n) is 5.82. The van der Waals surface area contributed by atoms with Crippen molar-refractivity contribution >= 4 is 16.9 Å². The molecule has 2 aromatic heterocycles. The molecule has 3 N–H and O–H groups in total. The molecule has 1 aromatic carbocycles. The summed E-state index contributed by atoms with van der Waals surface area (Å²) in [5.41, 5.74) is 3.36. The highest BCUT2D eigenvalue weighted by atomic mass is 16.2. The van der Waals surface area contributed by atoms with Crippen LogP contribution in [0.3, 0.4) is 0 Å². The maximum atomic E-state index is 12.3. The Balaban J connectivity index is 1.50. The lowest BCUT2D eigenvalue weighted by molar-refractivity contribution is 0.0933. The standard InChI is InChI=1S/C16H17N5O/c1-9(15-18-11-4-2-3-5-12(11)19-15)17-16(22)14-8-13(20-21-14)10-6-7-10/h2-5,8-10H,6-7H2,1H3,(H,17,22)(H,18,19)(H,20,21). The third kappa shape index (κ3) is 2.36. The molecule has 1 amide bonds. The molecule has 3 aromatic rings. The van der Waals surface area contributed by atoms with Gasteiger partial charge in [-0.2, -0.15) is 5.10 Å². The number of fused-ring (bicyclic) bond motifs is 1. The minimum Gasteiger partial charge on any atom is -0.341 e. The summed E-state index contributed by atoms with van der Waals surface area (Å²) in [7, 11) is 0. The first kappa shape index (κ1) is 13.1. The zero-order valence-electron chi connectivity index (χ0n) is 12.3. The van der Waals surface area contributed by atoms with E-state index in [0.717, 1.165) is 22.6 Å². The number of H-pyrrole nitrogens is 2. The van der Waals surface area contributed by atoms with Crippen molar-refractivity contribution in [2.45, 2.75) is 31.7 Å². The van der Waals surface area contributed by atoms with E-state index in [-0.39, 0.29) is 11.9 Å². The molecule has 1 fully saturated rings. The summed E-state index contributed by atoms with van der Waals surface area (Å²) in [6.07, 6.45) is 2.36. The average molecular weight is 295 g/mol. The summed E-state index contributed by atoms with van der Waals surface area (Å²) in [6.45, 7) is 1.91. The number of aromatic amines is 2. The van der Waals surface area contributed by atoms with Crippen LogP contribution < -0.4 is 5.32 Å². The molecule has 4 rings (SSSR count). The molecule has 0 spiro atoms. The molecule has 1 aliphatic rings. The van der Waals surface area contributed by atoms with E-state index in [1.54, 1.807) is 0 Å². The van der Waals surface area contributed by atoms with Crippen molar-refractivity contribution in [2.24, 2.45) is 0 Å². The highest BCUT2D eigenvalue weighted by molar-refractivity contribution is 5.92. The minimum atomic E-state index is -0.207. The first-order valence-corrected chi connectivity index (χ1v) is 7.51. The van der Waals surface area contributed by atoms with Crippen molar-refractivity contribution in [1.82, 2.24) is 25.5 Å². The molecule has 22 heavy (non-hydrogen) atoms. The van der Waals surface area contributed by atoms with Gasteiger partial charge < -0.3 is 10.3 Å². The first-order valence-electron chi connectivity index (χ1n) is 7.51. The number of aromatic nitrogens is 4. The van der Waals surface area contributed by atoms with Gasteiger partial charge in [0, 0.05) is 11.6 Å². The largest absolute Gasteiger partial charge is 0.341 e. The maximum absolute atomic E-state index is 12.3. The summed E-state index contributed by atoms with van der Waals surface area (Å²) < 4.78 is 0. The summed E-state index contributed by atoms with van der Waals surface area (Å²) >= 11 is 0. The monoisotopic (exact) mass is 295 g/mol. The van der Waals surface area contributed by atoms with Gasteiger partial charge in [-0.3, -0.25) is 9.89 Å². The Bertz CT molecular complexity index is 797. The topological polar surface area (TPSA) is 86.5 Å². The number of hydrogen-bond acceptors (Lipinski definition) is 3. The quantitative estimate of drug-likeness (QED) is 0.691. The molecular formula is C16H17N5O. The van der Waals surface area contributed by atoms with E-state index >= 15 is 0 Å². The molecule has 1 atom stereocenters. The average Bonchev–Trinajstić information content (AvgIpc) is 3.10. The van der Waals surface area contributed by atoms with E-state index in [4.69, 9.17) is 0 Å². The Labute approximate surface area is 127 Å². The van der Waals surface area contributed by atoms with Crippen molar-refractivity contribution in [1.29, 1.82) is 0 Å². The highest BCUT2D eigenvalue weighted by Gasteiger charge is 2.26. The zero-order valence-corrected chi connectivity index (χ0v) is 12.3. The smallest absolute Gasteiger partial charge is 0.272 e. The first-order chi connectivity index (χ1) is 10.7. The predicted molar refractivity (Wildman–Crippen MR) is 82.5 cm³/mol. The summed E-state index contributed by atoms with van der Waals surface area (Å²) in [5.74, 6) is 1.12. The normalized spacial score (nSPS) is 15.9. The van der Waals surface area contributed by atoms with Gasteiger partial charge in [-0.25, -0.2) is 4.98 Å². The van der Waals surface area contributed by atoms with E-state index in [2.05, 4.69) is 25.5 Å². The molecular weight excluding hydrogens is 278 g/mol. The van der Waals surface area contributed by atoms with Crippen LogP contribution in [0, 0.1) is 0 Å². The Hall–Kier alpha value is -2.63. The number of benzene rings is 1. The van der Waals surface area contributed by atoms with Crippen LogP contribution in [0.15, 0.2) is 30.3 Å². The van der Waals surface area contributed by atoms with Crippen LogP contribution in [0.2, 0.25) is 0 Å². The Morgan fingerprint density at radius 1 is 1.36 bits per heavy atom. The lowest BCUT2D eigenvalue weighted by Crippen LogP contribution is -2.27. The van der Waals surface area contributed by atoms with E-state index in [1.807, 2.05) is 37.3 Å². The molecule has 1 unspecified atom stereocenters. The van der Waals surface area contributed by atoms with Gasteiger partial charge in [0.2, 0.25) is 0 Å². The van der Waals surface area contributed by atoms with Gasteiger partial charge in [-0.1, -0.05) is 12.1 Å². The van der Waals surface area contributed by atoms with Crippen LogP contribution in [-0.2, 0) is 0 Å². The third-order valence-electron chi connectivity index (χ3n) is 4.01. The van der Waals surface area contributed by atoms with E-state index in [0.29, 0.717) is 11.6 Å². The van der Waals surface area contributed by atoms with Crippen molar-refractivity contribution in [3.63, 3.8) is 0 Å². The lowest BCUT2D eigenvalue weighted by Gasteiger charge is -2.09. The van der Waals surface area contributed by atoms with E-state index in [9.17, 15) is 4.79 Å². The maximum Gasteiger partial charge on any atom is 0.272 e. The molecule has 112 valence electrons.